The van der Waals surface area contributed by atoms with Gasteiger partial charge < -0.3 is 20.3 Å². The molecule has 1 aromatic heterocycles. The minimum absolute atomic E-state index is 0.00187. The molecular weight excluding hydrogens is 342 g/mol. The highest BCUT2D eigenvalue weighted by Gasteiger charge is 2.25. The lowest BCUT2D eigenvalue weighted by Crippen LogP contribution is -2.35. The molecule has 7 heteroatoms. The maximum absolute atomic E-state index is 12.3. The SMILES string of the molecule is O=C(NCC1CNCC1O)c1ccc(=O)n(Cc2ccccc2Cl)c1. The molecule has 2 aromatic rings. The van der Waals surface area contributed by atoms with Crippen molar-refractivity contribution in [3.8, 4) is 0 Å². The first-order valence-electron chi connectivity index (χ1n) is 8.15. The standard InChI is InChI=1S/C18H20ClN3O3/c19-15-4-2-1-3-12(15)10-22-11-13(5-6-17(22)24)18(25)21-8-14-7-20-9-16(14)23/h1-6,11,14,16,20,23H,7-10H2,(H,21,25). The molecule has 0 aliphatic carbocycles. The van der Waals surface area contributed by atoms with E-state index in [9.17, 15) is 14.7 Å². The van der Waals surface area contributed by atoms with Crippen molar-refractivity contribution in [1.29, 1.82) is 0 Å². The van der Waals surface area contributed by atoms with E-state index in [1.165, 1.54) is 22.9 Å². The molecular formula is C18H20ClN3O3. The Bertz CT molecular complexity index is 821. The van der Waals surface area contributed by atoms with E-state index in [2.05, 4.69) is 10.6 Å². The minimum Gasteiger partial charge on any atom is -0.391 e. The van der Waals surface area contributed by atoms with Crippen molar-refractivity contribution < 1.29 is 9.90 Å². The van der Waals surface area contributed by atoms with Crippen LogP contribution in [0, 0.1) is 5.92 Å². The van der Waals surface area contributed by atoms with E-state index < -0.39 is 6.10 Å². The van der Waals surface area contributed by atoms with Gasteiger partial charge in [0.25, 0.3) is 11.5 Å². The number of hydrogen-bond donors (Lipinski definition) is 3. The first-order chi connectivity index (χ1) is 12.0. The van der Waals surface area contributed by atoms with Crippen LogP contribution in [0.4, 0.5) is 0 Å². The van der Waals surface area contributed by atoms with Crippen molar-refractivity contribution in [2.75, 3.05) is 19.6 Å². The Balaban J connectivity index is 1.71. The zero-order valence-corrected chi connectivity index (χ0v) is 14.4. The highest BCUT2D eigenvalue weighted by Crippen LogP contribution is 2.15. The van der Waals surface area contributed by atoms with E-state index in [0.717, 1.165) is 5.56 Å². The third-order valence-electron chi connectivity index (χ3n) is 4.37. The van der Waals surface area contributed by atoms with Gasteiger partial charge in [-0.25, -0.2) is 0 Å². The molecule has 2 unspecified atom stereocenters. The van der Waals surface area contributed by atoms with Gasteiger partial charge in [-0.15, -0.1) is 0 Å². The van der Waals surface area contributed by atoms with Crippen LogP contribution in [-0.4, -0.2) is 41.3 Å². The molecule has 0 saturated carbocycles. The first kappa shape index (κ1) is 17.7. The van der Waals surface area contributed by atoms with Crippen LogP contribution in [0.25, 0.3) is 0 Å². The normalized spacial score (nSPS) is 19.8. The second-order valence-electron chi connectivity index (χ2n) is 6.17. The largest absolute Gasteiger partial charge is 0.391 e. The molecule has 6 nitrogen and oxygen atoms in total. The number of rotatable bonds is 5. The average Bonchev–Trinajstić information content (AvgIpc) is 3.01. The van der Waals surface area contributed by atoms with E-state index in [4.69, 9.17) is 11.6 Å². The lowest BCUT2D eigenvalue weighted by atomic mass is 10.1. The van der Waals surface area contributed by atoms with Gasteiger partial charge in [0.15, 0.2) is 0 Å². The number of amides is 1. The van der Waals surface area contributed by atoms with Crippen molar-refractivity contribution in [3.05, 3.63) is 69.1 Å². The summed E-state index contributed by atoms with van der Waals surface area (Å²) in [7, 11) is 0. The van der Waals surface area contributed by atoms with Crippen molar-refractivity contribution in [1.82, 2.24) is 15.2 Å². The Morgan fingerprint density at radius 2 is 2.08 bits per heavy atom. The summed E-state index contributed by atoms with van der Waals surface area (Å²) in [6.45, 7) is 1.90. The Labute approximate surface area is 150 Å². The molecule has 3 N–H and O–H groups in total. The Morgan fingerprint density at radius 1 is 1.28 bits per heavy atom. The van der Waals surface area contributed by atoms with E-state index in [0.29, 0.717) is 36.8 Å². The molecule has 132 valence electrons. The molecule has 25 heavy (non-hydrogen) atoms. The molecule has 1 aliphatic rings. The molecule has 1 aliphatic heterocycles. The molecule has 3 rings (SSSR count). The summed E-state index contributed by atoms with van der Waals surface area (Å²) >= 11 is 6.14. The van der Waals surface area contributed by atoms with Gasteiger partial charge in [-0.3, -0.25) is 9.59 Å². The highest BCUT2D eigenvalue weighted by molar-refractivity contribution is 6.31. The lowest BCUT2D eigenvalue weighted by Gasteiger charge is -2.14. The first-order valence-corrected chi connectivity index (χ1v) is 8.53. The van der Waals surface area contributed by atoms with Crippen molar-refractivity contribution in [2.45, 2.75) is 12.6 Å². The smallest absolute Gasteiger partial charge is 0.252 e. The van der Waals surface area contributed by atoms with Gasteiger partial charge in [-0.05, 0) is 17.7 Å². The summed E-state index contributed by atoms with van der Waals surface area (Å²) in [5.74, 6) is -0.273. The Morgan fingerprint density at radius 3 is 2.80 bits per heavy atom. The zero-order valence-electron chi connectivity index (χ0n) is 13.6. The molecule has 2 atom stereocenters. The Kier molecular flexibility index (Phi) is 5.53. The van der Waals surface area contributed by atoms with Crippen LogP contribution in [0.15, 0.2) is 47.4 Å². The van der Waals surface area contributed by atoms with Crippen LogP contribution in [0.2, 0.25) is 5.02 Å². The number of carbonyl (C=O) groups is 1. The highest BCUT2D eigenvalue weighted by atomic mass is 35.5. The summed E-state index contributed by atoms with van der Waals surface area (Å²) in [6.07, 6.45) is 1.08. The van der Waals surface area contributed by atoms with Crippen LogP contribution in [-0.2, 0) is 6.54 Å². The maximum atomic E-state index is 12.3. The number of hydrogen-bond acceptors (Lipinski definition) is 4. The second-order valence-corrected chi connectivity index (χ2v) is 6.58. The maximum Gasteiger partial charge on any atom is 0.252 e. The van der Waals surface area contributed by atoms with Crippen LogP contribution >= 0.6 is 11.6 Å². The lowest BCUT2D eigenvalue weighted by molar-refractivity contribution is 0.0926. The second kappa shape index (κ2) is 7.82. The molecule has 1 fully saturated rings. The van der Waals surface area contributed by atoms with Crippen LogP contribution in [0.3, 0.4) is 0 Å². The van der Waals surface area contributed by atoms with Gasteiger partial charge in [0.1, 0.15) is 0 Å². The third-order valence-corrected chi connectivity index (χ3v) is 4.74. The van der Waals surface area contributed by atoms with E-state index in [-0.39, 0.29) is 17.4 Å². The fraction of sp³-hybridized carbons (Fsp3) is 0.333. The van der Waals surface area contributed by atoms with Gasteiger partial charge in [-0.2, -0.15) is 0 Å². The summed E-state index contributed by atoms with van der Waals surface area (Å²) < 4.78 is 1.46. The summed E-state index contributed by atoms with van der Waals surface area (Å²) in [6, 6.07) is 10.2. The van der Waals surface area contributed by atoms with Crippen molar-refractivity contribution >= 4 is 17.5 Å². The molecule has 1 amide bonds. The molecule has 0 spiro atoms. The predicted molar refractivity (Wildman–Crippen MR) is 96.0 cm³/mol. The molecule has 0 radical (unpaired) electrons. The van der Waals surface area contributed by atoms with Crippen molar-refractivity contribution in [3.63, 3.8) is 0 Å². The topological polar surface area (TPSA) is 83.4 Å². The number of aromatic nitrogens is 1. The third kappa shape index (κ3) is 4.28. The molecule has 1 aromatic carbocycles. The van der Waals surface area contributed by atoms with Gasteiger partial charge in [0.2, 0.25) is 0 Å². The predicted octanol–water partition coefficient (Wildman–Crippen LogP) is 0.860. The van der Waals surface area contributed by atoms with E-state index >= 15 is 0 Å². The Hall–Kier alpha value is -2.15. The summed E-state index contributed by atoms with van der Waals surface area (Å²) in [5.41, 5.74) is 1.00. The monoisotopic (exact) mass is 361 g/mol. The molecule has 0 bridgehead atoms. The minimum atomic E-state index is -0.450. The summed E-state index contributed by atoms with van der Waals surface area (Å²) in [4.78, 5) is 24.4. The van der Waals surface area contributed by atoms with Crippen LogP contribution < -0.4 is 16.2 Å². The number of β-amino-alcohol motifs (C(OH)–C–C–N with tert-alkyl or cyclic N) is 1. The average molecular weight is 362 g/mol. The number of aliphatic hydroxyl groups is 1. The van der Waals surface area contributed by atoms with E-state index in [1.807, 2.05) is 18.2 Å². The van der Waals surface area contributed by atoms with Gasteiger partial charge in [-0.1, -0.05) is 29.8 Å². The number of benzene rings is 1. The fourth-order valence-electron chi connectivity index (χ4n) is 2.85. The number of aliphatic hydroxyl groups excluding tert-OH is 1. The van der Waals surface area contributed by atoms with Crippen molar-refractivity contribution in [2.24, 2.45) is 5.92 Å². The quantitative estimate of drug-likeness (QED) is 0.737. The fourth-order valence-corrected chi connectivity index (χ4v) is 3.05. The van der Waals surface area contributed by atoms with Gasteiger partial charge >= 0.3 is 0 Å². The number of nitrogens with one attached hydrogen (secondary N) is 2. The van der Waals surface area contributed by atoms with Gasteiger partial charge in [0, 0.05) is 42.8 Å². The van der Waals surface area contributed by atoms with Gasteiger partial charge in [0.05, 0.1) is 18.2 Å². The summed E-state index contributed by atoms with van der Waals surface area (Å²) in [5, 5.41) is 16.2. The number of nitrogens with zero attached hydrogens (tertiary/aromatic N) is 1. The zero-order chi connectivity index (χ0) is 17.8. The van der Waals surface area contributed by atoms with Crippen LogP contribution in [0.1, 0.15) is 15.9 Å². The molecule has 2 heterocycles. The number of halogens is 1. The van der Waals surface area contributed by atoms with E-state index in [1.54, 1.807) is 6.07 Å². The van der Waals surface area contributed by atoms with Crippen LogP contribution in [0.5, 0.6) is 0 Å². The molecule has 1 saturated heterocycles. The number of pyridine rings is 1. The number of carbonyl (C=O) groups excluding carboxylic acids is 1.